The summed E-state index contributed by atoms with van der Waals surface area (Å²) in [6.45, 7) is 1.06. The van der Waals surface area contributed by atoms with Gasteiger partial charge in [0.05, 0.1) is 12.9 Å². The first-order chi connectivity index (χ1) is 14.0. The zero-order valence-corrected chi connectivity index (χ0v) is 15.7. The van der Waals surface area contributed by atoms with Crippen molar-refractivity contribution >= 4 is 21.9 Å². The molecule has 148 valence electrons. The van der Waals surface area contributed by atoms with Gasteiger partial charge in [0.15, 0.2) is 11.9 Å². The van der Waals surface area contributed by atoms with Gasteiger partial charge in [0.2, 0.25) is 0 Å². The summed E-state index contributed by atoms with van der Waals surface area (Å²) in [5.74, 6) is 0. The van der Waals surface area contributed by atoms with E-state index in [0.717, 1.165) is 16.3 Å². The highest BCUT2D eigenvalue weighted by Crippen LogP contribution is 2.40. The normalized spacial score (nSPS) is 27.1. The van der Waals surface area contributed by atoms with Crippen molar-refractivity contribution < 1.29 is 20.1 Å². The van der Waals surface area contributed by atoms with Crippen molar-refractivity contribution in [3.63, 3.8) is 0 Å². The second-order valence-electron chi connectivity index (χ2n) is 7.49. The molecule has 8 heteroatoms. The molecule has 1 unspecified atom stereocenters. The number of hydrogen-bond donors (Lipinski definition) is 3. The van der Waals surface area contributed by atoms with Crippen molar-refractivity contribution in [2.24, 2.45) is 0 Å². The predicted octanol–water partition coefficient (Wildman–Crippen LogP) is 1.65. The van der Waals surface area contributed by atoms with Crippen LogP contribution in [0.1, 0.15) is 13.2 Å². The summed E-state index contributed by atoms with van der Waals surface area (Å²) in [5.41, 5.74) is 0.975. The van der Waals surface area contributed by atoms with Crippen molar-refractivity contribution in [3.05, 3.63) is 55.1 Å². The average molecular weight is 392 g/mol. The largest absolute Gasteiger partial charge is 0.394 e. The van der Waals surface area contributed by atoms with E-state index in [0.29, 0.717) is 16.9 Å². The van der Waals surface area contributed by atoms with Crippen molar-refractivity contribution in [3.8, 4) is 11.3 Å². The van der Waals surface area contributed by atoms with Crippen LogP contribution in [0.4, 0.5) is 0 Å². The molecule has 0 radical (unpaired) electrons. The van der Waals surface area contributed by atoms with Gasteiger partial charge in [-0.05, 0) is 23.8 Å². The van der Waals surface area contributed by atoms with Crippen molar-refractivity contribution in [1.29, 1.82) is 0 Å². The summed E-state index contributed by atoms with van der Waals surface area (Å²) in [5, 5.41) is 32.7. The molecular weight excluding hydrogens is 372 g/mol. The lowest BCUT2D eigenvalue weighted by molar-refractivity contribution is -0.0950. The Morgan fingerprint density at radius 3 is 2.66 bits per heavy atom. The summed E-state index contributed by atoms with van der Waals surface area (Å²) in [6, 6.07) is 14.1. The Balaban J connectivity index is 1.63. The number of imidazole rings is 1. The summed E-state index contributed by atoms with van der Waals surface area (Å²) < 4.78 is 7.28. The Bertz CT molecular complexity index is 1210. The Kier molecular flexibility index (Phi) is 4.11. The molecule has 3 N–H and O–H groups in total. The van der Waals surface area contributed by atoms with Gasteiger partial charge >= 0.3 is 0 Å². The van der Waals surface area contributed by atoms with E-state index in [1.165, 1.54) is 19.6 Å². The van der Waals surface area contributed by atoms with E-state index < -0.39 is 30.6 Å². The molecule has 2 aromatic heterocycles. The average Bonchev–Trinajstić information content (AvgIpc) is 3.26. The highest BCUT2D eigenvalue weighted by Gasteiger charge is 2.53. The maximum atomic E-state index is 10.8. The highest BCUT2D eigenvalue weighted by molar-refractivity contribution is 5.92. The Hall–Kier alpha value is -2.91. The minimum atomic E-state index is -1.62. The number of aliphatic hydroxyl groups is 3. The van der Waals surface area contributed by atoms with E-state index in [2.05, 4.69) is 15.0 Å². The summed E-state index contributed by atoms with van der Waals surface area (Å²) in [7, 11) is 0. The first-order valence-electron chi connectivity index (χ1n) is 9.34. The highest BCUT2D eigenvalue weighted by atomic mass is 16.6. The molecule has 0 amide bonds. The van der Waals surface area contributed by atoms with E-state index >= 15 is 0 Å². The molecule has 4 atom stereocenters. The molecule has 29 heavy (non-hydrogen) atoms. The minimum Gasteiger partial charge on any atom is -0.394 e. The quantitative estimate of drug-likeness (QED) is 0.486. The van der Waals surface area contributed by atoms with Gasteiger partial charge in [-0.3, -0.25) is 4.57 Å². The molecule has 3 heterocycles. The molecule has 0 aliphatic carbocycles. The molecular formula is C21H20N4O4. The summed E-state index contributed by atoms with van der Waals surface area (Å²) >= 11 is 0. The van der Waals surface area contributed by atoms with Crippen LogP contribution < -0.4 is 0 Å². The third-order valence-corrected chi connectivity index (χ3v) is 5.57. The number of benzene rings is 2. The molecule has 5 rings (SSSR count). The molecule has 4 aromatic rings. The van der Waals surface area contributed by atoms with E-state index in [4.69, 9.17) is 4.74 Å². The predicted molar refractivity (Wildman–Crippen MR) is 106 cm³/mol. The molecule has 1 aliphatic heterocycles. The first kappa shape index (κ1) is 18.1. The number of aromatic nitrogens is 4. The van der Waals surface area contributed by atoms with E-state index in [1.807, 2.05) is 42.5 Å². The molecule has 0 saturated carbocycles. The number of rotatable bonds is 3. The van der Waals surface area contributed by atoms with Gasteiger partial charge in [0.1, 0.15) is 35.3 Å². The Morgan fingerprint density at radius 2 is 1.90 bits per heavy atom. The van der Waals surface area contributed by atoms with Crippen LogP contribution in [0.2, 0.25) is 0 Å². The first-order valence-corrected chi connectivity index (χ1v) is 9.34. The van der Waals surface area contributed by atoms with E-state index in [-0.39, 0.29) is 0 Å². The third kappa shape index (κ3) is 2.72. The lowest BCUT2D eigenvalue weighted by Gasteiger charge is -2.27. The monoisotopic (exact) mass is 392 g/mol. The Morgan fingerprint density at radius 1 is 1.10 bits per heavy atom. The molecule has 1 aliphatic rings. The second-order valence-corrected chi connectivity index (χ2v) is 7.49. The van der Waals surface area contributed by atoms with Crippen molar-refractivity contribution in [1.82, 2.24) is 19.5 Å². The topological polar surface area (TPSA) is 114 Å². The summed E-state index contributed by atoms with van der Waals surface area (Å²) in [4.78, 5) is 13.2. The van der Waals surface area contributed by atoms with Gasteiger partial charge < -0.3 is 20.1 Å². The molecule has 8 nitrogen and oxygen atoms in total. The van der Waals surface area contributed by atoms with Gasteiger partial charge in [-0.1, -0.05) is 36.4 Å². The van der Waals surface area contributed by atoms with Gasteiger partial charge in [-0.15, -0.1) is 0 Å². The fourth-order valence-corrected chi connectivity index (χ4v) is 3.96. The fraction of sp³-hybridized carbons (Fsp3) is 0.286. The lowest BCUT2D eigenvalue weighted by atomic mass is 9.96. The van der Waals surface area contributed by atoms with E-state index in [1.54, 1.807) is 4.57 Å². The van der Waals surface area contributed by atoms with Crippen LogP contribution in [0.15, 0.2) is 55.1 Å². The third-order valence-electron chi connectivity index (χ3n) is 5.57. The number of nitrogens with zero attached hydrogens (tertiary/aromatic N) is 4. The van der Waals surface area contributed by atoms with Gasteiger partial charge in [-0.25, -0.2) is 15.0 Å². The van der Waals surface area contributed by atoms with Crippen LogP contribution in [-0.2, 0) is 4.74 Å². The number of aliphatic hydroxyl groups excluding tert-OH is 2. The molecule has 1 saturated heterocycles. The summed E-state index contributed by atoms with van der Waals surface area (Å²) in [6.07, 6.45) is -0.130. The molecule has 2 aromatic carbocycles. The fourth-order valence-electron chi connectivity index (χ4n) is 3.96. The Labute approximate surface area is 166 Å². The van der Waals surface area contributed by atoms with Gasteiger partial charge in [0, 0.05) is 5.56 Å². The van der Waals surface area contributed by atoms with Crippen molar-refractivity contribution in [2.45, 2.75) is 31.0 Å². The second kappa shape index (κ2) is 6.57. The van der Waals surface area contributed by atoms with E-state index in [9.17, 15) is 15.3 Å². The number of hydrogen-bond acceptors (Lipinski definition) is 7. The van der Waals surface area contributed by atoms with Crippen LogP contribution in [0.25, 0.3) is 33.2 Å². The van der Waals surface area contributed by atoms with Crippen LogP contribution in [0, 0.1) is 0 Å². The molecule has 1 fully saturated rings. The molecule has 0 spiro atoms. The van der Waals surface area contributed by atoms with Crippen LogP contribution in [-0.4, -0.2) is 59.3 Å². The van der Waals surface area contributed by atoms with Crippen LogP contribution in [0.3, 0.4) is 0 Å². The smallest absolute Gasteiger partial charge is 0.168 e. The zero-order valence-electron chi connectivity index (χ0n) is 15.7. The lowest BCUT2D eigenvalue weighted by Crippen LogP contribution is -2.44. The number of ether oxygens (including phenoxy) is 1. The number of fused-ring (bicyclic) bond motifs is 2. The SMILES string of the molecule is C[C@]1(O)C(n2cnc3c(-c4ccc5ccccc5c4)ncnc32)O[C@H](CO)[C@H]1O. The van der Waals surface area contributed by atoms with Gasteiger partial charge in [0.25, 0.3) is 0 Å². The molecule has 0 bridgehead atoms. The maximum Gasteiger partial charge on any atom is 0.168 e. The minimum absolute atomic E-state index is 0.405. The zero-order chi connectivity index (χ0) is 20.2. The van der Waals surface area contributed by atoms with Gasteiger partial charge in [-0.2, -0.15) is 0 Å². The maximum absolute atomic E-state index is 10.8. The van der Waals surface area contributed by atoms with Crippen LogP contribution in [0.5, 0.6) is 0 Å². The standard InChI is InChI=1S/C21H20N4O4/c1-21(28)18(27)15(9-26)29-20(21)25-11-24-17-16(22-10-23-19(17)25)14-7-6-12-4-2-3-5-13(12)8-14/h2-8,10-11,15,18,20,26-28H,9H2,1H3/t15-,18-,20?,21-/m1/s1. The van der Waals surface area contributed by atoms with Crippen LogP contribution >= 0.6 is 0 Å². The van der Waals surface area contributed by atoms with Crippen molar-refractivity contribution in [2.75, 3.05) is 6.61 Å².